The normalized spacial score (nSPS) is 16.3. The summed E-state index contributed by atoms with van der Waals surface area (Å²) >= 11 is 0. The molecule has 0 N–H and O–H groups in total. The molecule has 1 saturated carbocycles. The highest BCUT2D eigenvalue weighted by molar-refractivity contribution is 5.49. The lowest BCUT2D eigenvalue weighted by Gasteiger charge is -2.26. The number of hydrogen-bond acceptors (Lipinski definition) is 2. The molecule has 1 aromatic carbocycles. The van der Waals surface area contributed by atoms with Gasteiger partial charge in [0.1, 0.15) is 0 Å². The van der Waals surface area contributed by atoms with Crippen molar-refractivity contribution in [1.29, 1.82) is 5.26 Å². The van der Waals surface area contributed by atoms with Crippen molar-refractivity contribution in [3.05, 3.63) is 29.8 Å². The van der Waals surface area contributed by atoms with Crippen LogP contribution < -0.4 is 4.90 Å². The van der Waals surface area contributed by atoms with Gasteiger partial charge in [0.2, 0.25) is 0 Å². The van der Waals surface area contributed by atoms with Crippen molar-refractivity contribution in [2.24, 2.45) is 0 Å². The molecule has 0 aromatic heterocycles. The van der Waals surface area contributed by atoms with Crippen LogP contribution in [-0.2, 0) is 0 Å². The Morgan fingerprint density at radius 3 is 2.33 bits per heavy atom. The van der Waals surface area contributed by atoms with Crippen molar-refractivity contribution in [3.63, 3.8) is 0 Å². The quantitative estimate of drug-likeness (QED) is 0.734. The van der Waals surface area contributed by atoms with E-state index in [2.05, 4.69) is 18.0 Å². The Morgan fingerprint density at radius 1 is 1.20 bits per heavy atom. The fraction of sp³-hybridized carbons (Fsp3) is 0.462. The van der Waals surface area contributed by atoms with Crippen LogP contribution in [0.15, 0.2) is 24.3 Å². The van der Waals surface area contributed by atoms with Gasteiger partial charge in [0.15, 0.2) is 0 Å². The molecule has 2 rings (SSSR count). The third-order valence-electron chi connectivity index (χ3n) is 3.28. The molecule has 1 aliphatic carbocycles. The minimum atomic E-state index is 0.693. The topological polar surface area (TPSA) is 27.0 Å². The standard InChI is InChI=1S/C13H16N2/c1-15(12-4-2-3-5-12)13-8-6-11(10-14)7-9-13/h6-9,12H,2-5H2,1H3. The lowest BCUT2D eigenvalue weighted by Crippen LogP contribution is -2.28. The van der Waals surface area contributed by atoms with Gasteiger partial charge in [0.05, 0.1) is 11.6 Å². The Hall–Kier alpha value is -1.49. The monoisotopic (exact) mass is 200 g/mol. The number of nitriles is 1. The Balaban J connectivity index is 2.11. The molecule has 1 fully saturated rings. The smallest absolute Gasteiger partial charge is 0.0991 e. The second-order valence-electron chi connectivity index (χ2n) is 4.21. The van der Waals surface area contributed by atoms with E-state index in [0.29, 0.717) is 6.04 Å². The third kappa shape index (κ3) is 2.12. The van der Waals surface area contributed by atoms with Gasteiger partial charge < -0.3 is 4.90 Å². The molecule has 0 atom stereocenters. The third-order valence-corrected chi connectivity index (χ3v) is 3.28. The average Bonchev–Trinajstić information content (AvgIpc) is 2.82. The van der Waals surface area contributed by atoms with E-state index in [-0.39, 0.29) is 0 Å². The summed E-state index contributed by atoms with van der Waals surface area (Å²) in [5.41, 5.74) is 1.96. The zero-order valence-corrected chi connectivity index (χ0v) is 9.11. The van der Waals surface area contributed by atoms with Gasteiger partial charge in [0, 0.05) is 18.8 Å². The number of rotatable bonds is 2. The van der Waals surface area contributed by atoms with Gasteiger partial charge in [-0.3, -0.25) is 0 Å². The van der Waals surface area contributed by atoms with Gasteiger partial charge in [-0.2, -0.15) is 5.26 Å². The number of nitrogens with zero attached hydrogens (tertiary/aromatic N) is 2. The van der Waals surface area contributed by atoms with Crippen LogP contribution in [0.1, 0.15) is 31.2 Å². The average molecular weight is 200 g/mol. The molecule has 0 heterocycles. The van der Waals surface area contributed by atoms with Crippen molar-refractivity contribution < 1.29 is 0 Å². The van der Waals surface area contributed by atoms with Crippen molar-refractivity contribution >= 4 is 5.69 Å². The van der Waals surface area contributed by atoms with E-state index < -0.39 is 0 Å². The second-order valence-corrected chi connectivity index (χ2v) is 4.21. The van der Waals surface area contributed by atoms with Gasteiger partial charge in [-0.15, -0.1) is 0 Å². The fourth-order valence-corrected chi connectivity index (χ4v) is 2.27. The van der Waals surface area contributed by atoms with E-state index in [0.717, 1.165) is 5.56 Å². The summed E-state index contributed by atoms with van der Waals surface area (Å²) < 4.78 is 0. The second kappa shape index (κ2) is 4.35. The molecule has 2 heteroatoms. The summed E-state index contributed by atoms with van der Waals surface area (Å²) in [7, 11) is 2.15. The number of hydrogen-bond donors (Lipinski definition) is 0. The first-order valence-corrected chi connectivity index (χ1v) is 5.54. The number of anilines is 1. The molecule has 2 nitrogen and oxygen atoms in total. The molecule has 0 aliphatic heterocycles. The lowest BCUT2D eigenvalue weighted by molar-refractivity contribution is 0.653. The van der Waals surface area contributed by atoms with Crippen LogP contribution in [0.3, 0.4) is 0 Å². The predicted octanol–water partition coefficient (Wildman–Crippen LogP) is 2.94. The van der Waals surface area contributed by atoms with E-state index in [9.17, 15) is 0 Å². The van der Waals surface area contributed by atoms with Crippen LogP contribution in [0.25, 0.3) is 0 Å². The summed E-state index contributed by atoms with van der Waals surface area (Å²) in [6.45, 7) is 0. The molecule has 78 valence electrons. The van der Waals surface area contributed by atoms with Crippen LogP contribution >= 0.6 is 0 Å². The molecule has 0 amide bonds. The zero-order chi connectivity index (χ0) is 10.7. The van der Waals surface area contributed by atoms with Gasteiger partial charge in [-0.05, 0) is 37.1 Å². The zero-order valence-electron chi connectivity index (χ0n) is 9.11. The van der Waals surface area contributed by atoms with Gasteiger partial charge in [0.25, 0.3) is 0 Å². The van der Waals surface area contributed by atoms with E-state index >= 15 is 0 Å². The first-order chi connectivity index (χ1) is 7.31. The maximum atomic E-state index is 8.72. The summed E-state index contributed by atoms with van der Waals surface area (Å²) in [6.07, 6.45) is 5.31. The Kier molecular flexibility index (Phi) is 2.91. The van der Waals surface area contributed by atoms with Crippen molar-refractivity contribution in [2.45, 2.75) is 31.7 Å². The highest BCUT2D eigenvalue weighted by atomic mass is 15.1. The largest absolute Gasteiger partial charge is 0.372 e. The molecular formula is C13H16N2. The Bertz CT molecular complexity index is 355. The first-order valence-electron chi connectivity index (χ1n) is 5.54. The van der Waals surface area contributed by atoms with Crippen molar-refractivity contribution in [2.75, 3.05) is 11.9 Å². The summed E-state index contributed by atoms with van der Waals surface area (Å²) in [4.78, 5) is 2.34. The molecule has 1 aromatic rings. The maximum Gasteiger partial charge on any atom is 0.0991 e. The Morgan fingerprint density at radius 2 is 1.80 bits per heavy atom. The van der Waals surface area contributed by atoms with Crippen molar-refractivity contribution in [3.8, 4) is 6.07 Å². The Labute approximate surface area is 91.1 Å². The molecule has 0 saturated heterocycles. The van der Waals surface area contributed by atoms with Crippen LogP contribution in [-0.4, -0.2) is 13.1 Å². The van der Waals surface area contributed by atoms with E-state index in [1.807, 2.05) is 24.3 Å². The molecular weight excluding hydrogens is 184 g/mol. The molecule has 0 unspecified atom stereocenters. The van der Waals surface area contributed by atoms with Crippen LogP contribution in [0, 0.1) is 11.3 Å². The summed E-state index contributed by atoms with van der Waals surface area (Å²) in [5.74, 6) is 0. The number of benzene rings is 1. The van der Waals surface area contributed by atoms with Crippen LogP contribution in [0.2, 0.25) is 0 Å². The van der Waals surface area contributed by atoms with Crippen molar-refractivity contribution in [1.82, 2.24) is 0 Å². The van der Waals surface area contributed by atoms with Gasteiger partial charge in [-0.1, -0.05) is 12.8 Å². The van der Waals surface area contributed by atoms with Crippen LogP contribution in [0.5, 0.6) is 0 Å². The minimum absolute atomic E-state index is 0.693. The SMILES string of the molecule is CN(c1ccc(C#N)cc1)C1CCCC1. The van der Waals surface area contributed by atoms with Gasteiger partial charge >= 0.3 is 0 Å². The van der Waals surface area contributed by atoms with E-state index in [1.165, 1.54) is 31.4 Å². The summed E-state index contributed by atoms with van der Waals surface area (Å²) in [6, 6.07) is 10.7. The molecule has 15 heavy (non-hydrogen) atoms. The predicted molar refractivity (Wildman–Crippen MR) is 61.8 cm³/mol. The molecule has 1 aliphatic rings. The highest BCUT2D eigenvalue weighted by Gasteiger charge is 2.19. The maximum absolute atomic E-state index is 8.72. The molecule has 0 bridgehead atoms. The molecule has 0 spiro atoms. The van der Waals surface area contributed by atoms with Gasteiger partial charge in [-0.25, -0.2) is 0 Å². The fourth-order valence-electron chi connectivity index (χ4n) is 2.27. The highest BCUT2D eigenvalue weighted by Crippen LogP contribution is 2.26. The van der Waals surface area contributed by atoms with E-state index in [1.54, 1.807) is 0 Å². The minimum Gasteiger partial charge on any atom is -0.372 e. The molecule has 0 radical (unpaired) electrons. The lowest BCUT2D eigenvalue weighted by atomic mass is 10.1. The first kappa shape index (κ1) is 10.0. The van der Waals surface area contributed by atoms with E-state index in [4.69, 9.17) is 5.26 Å². The van der Waals surface area contributed by atoms with Crippen LogP contribution in [0.4, 0.5) is 5.69 Å². The summed E-state index contributed by atoms with van der Waals surface area (Å²) in [5, 5.41) is 8.72.